The maximum absolute atomic E-state index is 14.9. The summed E-state index contributed by atoms with van der Waals surface area (Å²) in [7, 11) is 0. The fourth-order valence-corrected chi connectivity index (χ4v) is 5.84. The van der Waals surface area contributed by atoms with Gasteiger partial charge in [0.25, 0.3) is 5.91 Å². The Morgan fingerprint density at radius 1 is 1.18 bits per heavy atom. The van der Waals surface area contributed by atoms with Gasteiger partial charge in [-0.1, -0.05) is 31.9 Å². The second-order valence-corrected chi connectivity index (χ2v) is 10.1. The Hall–Kier alpha value is -2.51. The molecule has 182 valence electrons. The average Bonchev–Trinajstić information content (AvgIpc) is 3.31. The summed E-state index contributed by atoms with van der Waals surface area (Å²) < 4.78 is 21.4. The van der Waals surface area contributed by atoms with E-state index in [0.717, 1.165) is 51.0 Å². The molecule has 1 aromatic carbocycles. The lowest BCUT2D eigenvalue weighted by Gasteiger charge is -2.50. The van der Waals surface area contributed by atoms with Crippen molar-refractivity contribution in [1.82, 2.24) is 9.88 Å². The van der Waals surface area contributed by atoms with E-state index in [9.17, 15) is 14.3 Å². The van der Waals surface area contributed by atoms with Gasteiger partial charge in [0.2, 0.25) is 0 Å². The van der Waals surface area contributed by atoms with E-state index in [1.54, 1.807) is 17.0 Å². The lowest BCUT2D eigenvalue weighted by molar-refractivity contribution is -0.130. The molecule has 3 aliphatic rings. The first-order valence-electron chi connectivity index (χ1n) is 12.6. The number of hydrogen-bond donors (Lipinski definition) is 1. The molecular formula is C27H34FN3O3. The second kappa shape index (κ2) is 9.27. The summed E-state index contributed by atoms with van der Waals surface area (Å²) in [4.78, 5) is 21.8. The van der Waals surface area contributed by atoms with Gasteiger partial charge in [0, 0.05) is 43.5 Å². The molecule has 0 bridgehead atoms. The van der Waals surface area contributed by atoms with Crippen LogP contribution in [0.4, 0.5) is 10.2 Å². The molecule has 1 atom stereocenters. The number of ether oxygens (including phenoxy) is 1. The van der Waals surface area contributed by atoms with Crippen LogP contribution >= 0.6 is 0 Å². The largest absolute Gasteiger partial charge is 0.385 e. The average molecular weight is 468 g/mol. The van der Waals surface area contributed by atoms with Crippen LogP contribution in [0.3, 0.4) is 0 Å². The van der Waals surface area contributed by atoms with Gasteiger partial charge in [0.15, 0.2) is 0 Å². The monoisotopic (exact) mass is 467 g/mol. The maximum Gasteiger partial charge on any atom is 0.253 e. The Labute approximate surface area is 200 Å². The van der Waals surface area contributed by atoms with Crippen molar-refractivity contribution in [1.29, 1.82) is 0 Å². The number of morpholine rings is 1. The van der Waals surface area contributed by atoms with E-state index >= 15 is 0 Å². The number of nitrogens with zero attached hydrogens (tertiary/aromatic N) is 3. The fourth-order valence-electron chi connectivity index (χ4n) is 5.84. The van der Waals surface area contributed by atoms with E-state index in [4.69, 9.17) is 4.74 Å². The number of halogens is 1. The third-order valence-corrected chi connectivity index (χ3v) is 7.86. The molecule has 1 N–H and O–H groups in total. The third-order valence-electron chi connectivity index (χ3n) is 7.86. The van der Waals surface area contributed by atoms with Crippen molar-refractivity contribution in [3.05, 3.63) is 59.5 Å². The number of aromatic nitrogens is 1. The highest BCUT2D eigenvalue weighted by Gasteiger charge is 2.44. The van der Waals surface area contributed by atoms with Crippen molar-refractivity contribution in [2.45, 2.75) is 69.2 Å². The summed E-state index contributed by atoms with van der Waals surface area (Å²) >= 11 is 0. The van der Waals surface area contributed by atoms with Gasteiger partial charge in [-0.2, -0.15) is 0 Å². The van der Waals surface area contributed by atoms with Crippen molar-refractivity contribution in [2.75, 3.05) is 31.1 Å². The Kier molecular flexibility index (Phi) is 6.34. The molecule has 1 aromatic heterocycles. The molecular weight excluding hydrogens is 433 g/mol. The van der Waals surface area contributed by atoms with E-state index in [0.29, 0.717) is 37.1 Å². The fraction of sp³-hybridized carbons (Fsp3) is 0.556. The van der Waals surface area contributed by atoms with Crippen molar-refractivity contribution in [2.24, 2.45) is 0 Å². The smallest absolute Gasteiger partial charge is 0.253 e. The van der Waals surface area contributed by atoms with Crippen molar-refractivity contribution in [3.63, 3.8) is 0 Å². The number of hydrogen-bond acceptors (Lipinski definition) is 5. The first-order valence-corrected chi connectivity index (χ1v) is 12.6. The summed E-state index contributed by atoms with van der Waals surface area (Å²) in [6, 6.07) is 10.5. The minimum absolute atomic E-state index is 0.126. The van der Waals surface area contributed by atoms with Crippen molar-refractivity contribution in [3.8, 4) is 0 Å². The number of aliphatic hydroxyl groups is 1. The molecule has 1 aliphatic carbocycles. The first kappa shape index (κ1) is 23.2. The Balaban J connectivity index is 1.27. The second-order valence-electron chi connectivity index (χ2n) is 10.1. The number of likely N-dealkylation sites (tertiary alicyclic amines) is 1. The quantitative estimate of drug-likeness (QED) is 0.727. The van der Waals surface area contributed by atoms with Crippen LogP contribution in [0, 0.1) is 5.82 Å². The molecule has 3 heterocycles. The van der Waals surface area contributed by atoms with E-state index in [-0.39, 0.29) is 17.6 Å². The van der Waals surface area contributed by atoms with E-state index < -0.39 is 11.4 Å². The minimum atomic E-state index is -1.10. The summed E-state index contributed by atoms with van der Waals surface area (Å²) in [5, 5.41) is 10.8. The SMILES string of the molecule is CCC1CN(c2ccccn2)CC2(CCN(C(=O)c3ccc(C4(O)CCCC4)c(F)c3)CC2)O1. The number of carbonyl (C=O) groups excluding carboxylic acids is 1. The van der Waals surface area contributed by atoms with Gasteiger partial charge in [0.1, 0.15) is 11.6 Å². The molecule has 1 saturated carbocycles. The highest BCUT2D eigenvalue weighted by atomic mass is 19.1. The number of carbonyl (C=O) groups is 1. The number of benzene rings is 1. The Morgan fingerprint density at radius 3 is 2.59 bits per heavy atom. The zero-order valence-electron chi connectivity index (χ0n) is 19.9. The summed E-state index contributed by atoms with van der Waals surface area (Å²) in [6.07, 6.45) is 7.26. The molecule has 3 fully saturated rings. The number of rotatable bonds is 4. The number of piperidine rings is 1. The van der Waals surface area contributed by atoms with E-state index in [1.807, 2.05) is 24.4 Å². The highest BCUT2D eigenvalue weighted by Crippen LogP contribution is 2.40. The van der Waals surface area contributed by atoms with Crippen LogP contribution in [0.15, 0.2) is 42.6 Å². The molecule has 34 heavy (non-hydrogen) atoms. The molecule has 2 aliphatic heterocycles. The standard InChI is InChI=1S/C27H34FN3O3/c1-2-21-18-31(24-7-3-6-14-29-24)19-26(34-21)12-15-30(16-13-26)25(32)20-8-9-22(23(28)17-20)27(33)10-4-5-11-27/h3,6-9,14,17,21,33H,2,4-5,10-13,15-16,18-19H2,1H3. The third kappa shape index (κ3) is 4.43. The molecule has 1 amide bonds. The van der Waals surface area contributed by atoms with Gasteiger partial charge < -0.3 is 19.6 Å². The van der Waals surface area contributed by atoms with Crippen LogP contribution in [-0.2, 0) is 10.3 Å². The van der Waals surface area contributed by atoms with Crippen LogP contribution in [0.2, 0.25) is 0 Å². The van der Waals surface area contributed by atoms with Gasteiger partial charge in [-0.3, -0.25) is 4.79 Å². The predicted octanol–water partition coefficient (Wildman–Crippen LogP) is 4.27. The molecule has 0 radical (unpaired) electrons. The molecule has 7 heteroatoms. The van der Waals surface area contributed by atoms with Gasteiger partial charge >= 0.3 is 0 Å². The lowest BCUT2D eigenvalue weighted by atomic mass is 9.87. The Bertz CT molecular complexity index is 1020. The molecule has 2 aromatic rings. The summed E-state index contributed by atoms with van der Waals surface area (Å²) in [5.74, 6) is 0.306. The maximum atomic E-state index is 14.9. The number of amides is 1. The molecule has 2 saturated heterocycles. The summed E-state index contributed by atoms with van der Waals surface area (Å²) in [5.41, 5.74) is -0.759. The van der Waals surface area contributed by atoms with Crippen molar-refractivity contribution < 1.29 is 19.0 Å². The van der Waals surface area contributed by atoms with E-state index in [1.165, 1.54) is 6.07 Å². The topological polar surface area (TPSA) is 65.9 Å². The van der Waals surface area contributed by atoms with Crippen LogP contribution in [0.1, 0.15) is 67.8 Å². The predicted molar refractivity (Wildman–Crippen MR) is 128 cm³/mol. The van der Waals surface area contributed by atoms with Crippen molar-refractivity contribution >= 4 is 11.7 Å². The van der Waals surface area contributed by atoms with Gasteiger partial charge in [0.05, 0.1) is 17.3 Å². The zero-order chi connectivity index (χ0) is 23.8. The Morgan fingerprint density at radius 2 is 1.94 bits per heavy atom. The van der Waals surface area contributed by atoms with Crippen LogP contribution in [-0.4, -0.2) is 58.8 Å². The number of pyridine rings is 1. The molecule has 1 spiro atoms. The molecule has 6 nitrogen and oxygen atoms in total. The van der Waals surface area contributed by atoms with Gasteiger partial charge in [-0.05, 0) is 56.4 Å². The first-order chi connectivity index (χ1) is 16.4. The lowest BCUT2D eigenvalue weighted by Crippen LogP contribution is -2.60. The normalized spacial score (nSPS) is 23.9. The highest BCUT2D eigenvalue weighted by molar-refractivity contribution is 5.94. The van der Waals surface area contributed by atoms with Crippen LogP contribution in [0.5, 0.6) is 0 Å². The molecule has 1 unspecified atom stereocenters. The minimum Gasteiger partial charge on any atom is -0.385 e. The molecule has 5 rings (SSSR count). The summed E-state index contributed by atoms with van der Waals surface area (Å²) in [6.45, 7) is 4.84. The number of anilines is 1. The van der Waals surface area contributed by atoms with Crippen LogP contribution in [0.25, 0.3) is 0 Å². The zero-order valence-corrected chi connectivity index (χ0v) is 19.9. The van der Waals surface area contributed by atoms with Crippen LogP contribution < -0.4 is 4.90 Å². The van der Waals surface area contributed by atoms with Gasteiger partial charge in [-0.15, -0.1) is 0 Å². The van der Waals surface area contributed by atoms with E-state index in [2.05, 4.69) is 16.8 Å². The van der Waals surface area contributed by atoms with Gasteiger partial charge in [-0.25, -0.2) is 9.37 Å².